The molecule has 1 saturated heterocycles. The van der Waals surface area contributed by atoms with E-state index in [-0.39, 0.29) is 32.3 Å². The first-order valence-electron chi connectivity index (χ1n) is 3.23. The standard InChI is InChI=1S/C3H4O3.C2H6O2.CO2.CH4.H2O/c4-3-5-1-2-6-3;3-1-2-4;2-1-3;;/h1-2H2;3-4H,1-2H2;;1H4;1H2. The van der Waals surface area contributed by atoms with Gasteiger partial charge in [-0.2, -0.15) is 9.59 Å². The summed E-state index contributed by atoms with van der Waals surface area (Å²) >= 11 is 0. The summed E-state index contributed by atoms with van der Waals surface area (Å²) in [5, 5.41) is 15.2. The maximum Gasteiger partial charge on any atom is 0.508 e. The monoisotopic (exact) mass is 228 g/mol. The lowest BCUT2D eigenvalue weighted by Crippen LogP contribution is -1.88. The Bertz CT molecular complexity index is 141. The van der Waals surface area contributed by atoms with Crippen LogP contribution in [0.4, 0.5) is 4.79 Å². The number of carbonyl (C=O) groups is 1. The summed E-state index contributed by atoms with van der Waals surface area (Å²) in [6.45, 7) is 0.581. The van der Waals surface area contributed by atoms with Crippen molar-refractivity contribution in [3.63, 3.8) is 0 Å². The molecule has 8 nitrogen and oxygen atoms in total. The van der Waals surface area contributed by atoms with Gasteiger partial charge in [-0.05, 0) is 0 Å². The van der Waals surface area contributed by atoms with Crippen LogP contribution in [0.1, 0.15) is 7.43 Å². The molecule has 0 bridgehead atoms. The number of aliphatic hydroxyl groups excluding tert-OH is 2. The molecule has 1 aliphatic rings. The summed E-state index contributed by atoms with van der Waals surface area (Å²) < 4.78 is 8.58. The average molecular weight is 228 g/mol. The van der Waals surface area contributed by atoms with Gasteiger partial charge in [0.05, 0.1) is 13.2 Å². The van der Waals surface area contributed by atoms with E-state index in [2.05, 4.69) is 9.47 Å². The maximum absolute atomic E-state index is 9.80. The fraction of sp³-hybridized carbons (Fsp3) is 0.714. The van der Waals surface area contributed by atoms with E-state index in [4.69, 9.17) is 19.8 Å². The van der Waals surface area contributed by atoms with Crippen LogP contribution in [0.5, 0.6) is 0 Å². The van der Waals surface area contributed by atoms with Crippen LogP contribution >= 0.6 is 0 Å². The molecule has 1 rings (SSSR count). The van der Waals surface area contributed by atoms with Crippen molar-refractivity contribution in [3.05, 3.63) is 0 Å². The third-order valence-corrected chi connectivity index (χ3v) is 0.623. The van der Waals surface area contributed by atoms with Gasteiger partial charge in [-0.25, -0.2) is 4.79 Å². The predicted molar refractivity (Wildman–Crippen MR) is 46.8 cm³/mol. The van der Waals surface area contributed by atoms with E-state index in [0.29, 0.717) is 13.2 Å². The van der Waals surface area contributed by atoms with Crippen molar-refractivity contribution in [2.75, 3.05) is 26.4 Å². The largest absolute Gasteiger partial charge is 0.508 e. The summed E-state index contributed by atoms with van der Waals surface area (Å²) in [4.78, 5) is 26.0. The fourth-order valence-electron chi connectivity index (χ4n) is 0.292. The first-order chi connectivity index (χ1) is 6.22. The van der Waals surface area contributed by atoms with Crippen LogP contribution in [-0.4, -0.2) is 54.4 Å². The van der Waals surface area contributed by atoms with E-state index < -0.39 is 6.16 Å². The van der Waals surface area contributed by atoms with Crippen molar-refractivity contribution in [1.29, 1.82) is 0 Å². The number of ether oxygens (including phenoxy) is 2. The van der Waals surface area contributed by atoms with Gasteiger partial charge in [0.2, 0.25) is 0 Å². The van der Waals surface area contributed by atoms with Gasteiger partial charge in [-0.3, -0.25) is 0 Å². The van der Waals surface area contributed by atoms with Gasteiger partial charge in [-0.1, -0.05) is 7.43 Å². The lowest BCUT2D eigenvalue weighted by molar-refractivity contribution is -0.191. The summed E-state index contributed by atoms with van der Waals surface area (Å²) in [6, 6.07) is 0. The van der Waals surface area contributed by atoms with Crippen molar-refractivity contribution in [2.24, 2.45) is 0 Å². The Hall–Kier alpha value is -1.47. The number of rotatable bonds is 1. The lowest BCUT2D eigenvalue weighted by atomic mass is 10.8. The van der Waals surface area contributed by atoms with E-state index in [1.807, 2.05) is 0 Å². The Kier molecular flexibility index (Phi) is 35.7. The summed E-state index contributed by atoms with van der Waals surface area (Å²) in [5.74, 6) is 0. The zero-order chi connectivity index (χ0) is 10.5. The van der Waals surface area contributed by atoms with Crippen molar-refractivity contribution in [2.45, 2.75) is 7.43 Å². The second-order valence-electron chi connectivity index (χ2n) is 1.48. The molecule has 0 radical (unpaired) electrons. The van der Waals surface area contributed by atoms with Crippen molar-refractivity contribution in [1.82, 2.24) is 0 Å². The summed E-state index contributed by atoms with van der Waals surface area (Å²) in [7, 11) is 0. The second kappa shape index (κ2) is 22.9. The molecule has 0 unspecified atom stereocenters. The molecule has 15 heavy (non-hydrogen) atoms. The van der Waals surface area contributed by atoms with Gasteiger partial charge in [0.25, 0.3) is 0 Å². The Labute approximate surface area is 86.7 Å². The molecular weight excluding hydrogens is 212 g/mol. The molecule has 1 aliphatic heterocycles. The maximum atomic E-state index is 9.80. The van der Waals surface area contributed by atoms with E-state index in [1.54, 1.807) is 0 Å². The minimum Gasteiger partial charge on any atom is -0.431 e. The third-order valence-electron chi connectivity index (χ3n) is 0.623. The van der Waals surface area contributed by atoms with E-state index in [0.717, 1.165) is 0 Å². The molecule has 0 spiro atoms. The molecule has 4 N–H and O–H groups in total. The van der Waals surface area contributed by atoms with Crippen molar-refractivity contribution < 1.29 is 39.5 Å². The Morgan fingerprint density at radius 2 is 1.40 bits per heavy atom. The highest BCUT2D eigenvalue weighted by atomic mass is 16.8. The molecular formula is C7H16O8. The van der Waals surface area contributed by atoms with Crippen LogP contribution < -0.4 is 0 Å². The van der Waals surface area contributed by atoms with E-state index >= 15 is 0 Å². The SMILES string of the molecule is C.O.O=C1OCCO1.O=C=O.OCCO. The van der Waals surface area contributed by atoms with Gasteiger partial charge >= 0.3 is 12.3 Å². The van der Waals surface area contributed by atoms with Crippen LogP contribution in [-0.2, 0) is 19.1 Å². The molecule has 1 fully saturated rings. The highest BCUT2D eigenvalue weighted by molar-refractivity contribution is 5.61. The predicted octanol–water partition coefficient (Wildman–Crippen LogP) is -1.65. The smallest absolute Gasteiger partial charge is 0.431 e. The van der Waals surface area contributed by atoms with Crippen LogP contribution in [0.15, 0.2) is 0 Å². The second-order valence-corrected chi connectivity index (χ2v) is 1.48. The zero-order valence-electron chi connectivity index (χ0n) is 7.26. The third kappa shape index (κ3) is 32.6. The molecule has 0 aromatic rings. The minimum atomic E-state index is -0.546. The summed E-state index contributed by atoms with van der Waals surface area (Å²) in [6.07, 6.45) is -0.296. The molecule has 0 aliphatic carbocycles. The molecule has 0 aromatic carbocycles. The topological polar surface area (TPSA) is 142 Å². The lowest BCUT2D eigenvalue weighted by Gasteiger charge is -1.78. The Morgan fingerprint density at radius 3 is 1.47 bits per heavy atom. The Morgan fingerprint density at radius 1 is 1.13 bits per heavy atom. The molecule has 0 saturated carbocycles. The van der Waals surface area contributed by atoms with Crippen LogP contribution in [0.25, 0.3) is 0 Å². The quantitative estimate of drug-likeness (QED) is 0.512. The average Bonchev–Trinajstić information content (AvgIpc) is 2.58. The van der Waals surface area contributed by atoms with E-state index in [1.165, 1.54) is 0 Å². The van der Waals surface area contributed by atoms with Gasteiger partial charge in [-0.15, -0.1) is 0 Å². The number of hydrogen-bond donors (Lipinski definition) is 2. The minimum absolute atomic E-state index is 0. The van der Waals surface area contributed by atoms with Crippen LogP contribution in [0.2, 0.25) is 0 Å². The first-order valence-corrected chi connectivity index (χ1v) is 3.23. The van der Waals surface area contributed by atoms with Gasteiger partial charge in [0, 0.05) is 0 Å². The fourth-order valence-corrected chi connectivity index (χ4v) is 0.292. The first kappa shape index (κ1) is 23.4. The number of hydrogen-bond acceptors (Lipinski definition) is 7. The molecule has 8 heteroatoms. The van der Waals surface area contributed by atoms with E-state index in [9.17, 15) is 4.79 Å². The number of aliphatic hydroxyl groups is 2. The molecule has 1 heterocycles. The van der Waals surface area contributed by atoms with Crippen molar-refractivity contribution >= 4 is 12.3 Å². The molecule has 0 aromatic heterocycles. The summed E-state index contributed by atoms with van der Waals surface area (Å²) in [5.41, 5.74) is 0. The van der Waals surface area contributed by atoms with Gasteiger partial charge in [0.15, 0.2) is 0 Å². The van der Waals surface area contributed by atoms with Crippen LogP contribution in [0.3, 0.4) is 0 Å². The zero-order valence-corrected chi connectivity index (χ0v) is 7.26. The highest BCUT2D eigenvalue weighted by Crippen LogP contribution is 1.92. The molecule has 92 valence electrons. The number of carbonyl (C=O) groups excluding carboxylic acids is 3. The Balaban J connectivity index is -0.0000000608. The molecule has 0 amide bonds. The van der Waals surface area contributed by atoms with Gasteiger partial charge in [0.1, 0.15) is 13.2 Å². The number of cyclic esters (lactones) is 2. The van der Waals surface area contributed by atoms with Crippen molar-refractivity contribution in [3.8, 4) is 0 Å². The highest BCUT2D eigenvalue weighted by Gasteiger charge is 2.09. The molecule has 0 atom stereocenters. The van der Waals surface area contributed by atoms with Gasteiger partial charge < -0.3 is 25.2 Å². The normalized spacial score (nSPS) is 10.4. The van der Waals surface area contributed by atoms with Crippen LogP contribution in [0, 0.1) is 0 Å².